The molecule has 0 aromatic heterocycles. The number of methoxy groups -OCH3 is 3. The predicted molar refractivity (Wildman–Crippen MR) is 110 cm³/mol. The van der Waals surface area contributed by atoms with Crippen LogP contribution in [-0.4, -0.2) is 49.8 Å². The number of hydrogen-bond acceptors (Lipinski definition) is 8. The second-order valence-electron chi connectivity index (χ2n) is 7.29. The fourth-order valence-corrected chi connectivity index (χ4v) is 3.97. The molecule has 0 amide bonds. The molecule has 1 aliphatic rings. The molecule has 4 unspecified atom stereocenters. The topological polar surface area (TPSA) is 109 Å². The molecular formula is C22H28N2O6. The maximum absolute atomic E-state index is 12.2. The van der Waals surface area contributed by atoms with Crippen molar-refractivity contribution in [3.05, 3.63) is 53.6 Å². The highest BCUT2D eigenvalue weighted by atomic mass is 16.5. The van der Waals surface area contributed by atoms with Crippen LogP contribution in [0.15, 0.2) is 42.5 Å². The first kappa shape index (κ1) is 21.9. The minimum Gasteiger partial charge on any atom is -0.504 e. The zero-order valence-electron chi connectivity index (χ0n) is 17.3. The average molecular weight is 416 g/mol. The molecule has 2 aromatic carbocycles. The summed E-state index contributed by atoms with van der Waals surface area (Å²) in [5, 5.41) is 20.6. The van der Waals surface area contributed by atoms with Crippen molar-refractivity contribution in [2.45, 2.75) is 31.0 Å². The number of hydrazine groups is 1. The Labute approximate surface area is 175 Å². The molecule has 0 bridgehead atoms. The van der Waals surface area contributed by atoms with Crippen molar-refractivity contribution in [1.29, 1.82) is 0 Å². The number of ether oxygens (including phenoxy) is 3. The van der Waals surface area contributed by atoms with Gasteiger partial charge in [-0.05, 0) is 41.8 Å². The number of nitrogens with one attached hydrogen (secondary N) is 2. The van der Waals surface area contributed by atoms with Crippen LogP contribution in [-0.2, 0) is 16.0 Å². The Morgan fingerprint density at radius 2 is 1.80 bits per heavy atom. The van der Waals surface area contributed by atoms with Gasteiger partial charge in [0.2, 0.25) is 0 Å². The van der Waals surface area contributed by atoms with E-state index >= 15 is 0 Å². The van der Waals surface area contributed by atoms with Crippen LogP contribution in [0.4, 0.5) is 0 Å². The van der Waals surface area contributed by atoms with E-state index in [2.05, 4.69) is 10.9 Å². The van der Waals surface area contributed by atoms with E-state index in [1.807, 2.05) is 24.3 Å². The molecule has 4 N–H and O–H groups in total. The summed E-state index contributed by atoms with van der Waals surface area (Å²) < 4.78 is 15.3. The quantitative estimate of drug-likeness (QED) is 0.482. The van der Waals surface area contributed by atoms with E-state index in [0.29, 0.717) is 12.2 Å². The number of phenolic OH excluding ortho intramolecular Hbond substituents is 1. The normalized spacial score (nSPS) is 21.8. The Morgan fingerprint density at radius 1 is 1.07 bits per heavy atom. The number of esters is 1. The zero-order valence-corrected chi connectivity index (χ0v) is 17.3. The van der Waals surface area contributed by atoms with Gasteiger partial charge in [0.15, 0.2) is 11.5 Å². The number of benzene rings is 2. The molecule has 1 aliphatic heterocycles. The minimum atomic E-state index is -0.872. The lowest BCUT2D eigenvalue weighted by molar-refractivity contribution is -0.141. The van der Waals surface area contributed by atoms with E-state index in [1.165, 1.54) is 20.3 Å². The second kappa shape index (κ2) is 9.80. The Balaban J connectivity index is 1.91. The van der Waals surface area contributed by atoms with Gasteiger partial charge in [0.05, 0.1) is 27.8 Å². The number of hydrogen-bond donors (Lipinski definition) is 4. The lowest BCUT2D eigenvalue weighted by Gasteiger charge is -2.29. The van der Waals surface area contributed by atoms with Crippen molar-refractivity contribution < 1.29 is 29.2 Å². The molecule has 0 aliphatic carbocycles. The zero-order chi connectivity index (χ0) is 21.7. The van der Waals surface area contributed by atoms with E-state index in [-0.39, 0.29) is 36.0 Å². The van der Waals surface area contributed by atoms with Gasteiger partial charge in [-0.3, -0.25) is 10.2 Å². The van der Waals surface area contributed by atoms with E-state index in [9.17, 15) is 15.0 Å². The minimum absolute atomic E-state index is 0.0103. The molecule has 162 valence electrons. The number of rotatable bonds is 8. The van der Waals surface area contributed by atoms with Crippen molar-refractivity contribution in [2.75, 3.05) is 21.3 Å². The van der Waals surface area contributed by atoms with Gasteiger partial charge in [-0.15, -0.1) is 0 Å². The third kappa shape index (κ3) is 4.84. The molecule has 3 rings (SSSR count). The summed E-state index contributed by atoms with van der Waals surface area (Å²) in [5.74, 6) is 0.00799. The lowest BCUT2D eigenvalue weighted by atomic mass is 9.77. The molecule has 0 saturated carbocycles. The monoisotopic (exact) mass is 416 g/mol. The highest BCUT2D eigenvalue weighted by molar-refractivity contribution is 5.70. The molecule has 1 fully saturated rings. The van der Waals surface area contributed by atoms with Crippen LogP contribution >= 0.6 is 0 Å². The Kier molecular flexibility index (Phi) is 7.15. The predicted octanol–water partition coefficient (Wildman–Crippen LogP) is 1.71. The van der Waals surface area contributed by atoms with Crippen LogP contribution in [0.2, 0.25) is 0 Å². The maximum atomic E-state index is 12.2. The molecule has 8 heteroatoms. The van der Waals surface area contributed by atoms with Crippen LogP contribution in [0.1, 0.15) is 23.5 Å². The van der Waals surface area contributed by atoms with Gasteiger partial charge in [0, 0.05) is 17.9 Å². The van der Waals surface area contributed by atoms with Crippen molar-refractivity contribution in [2.24, 2.45) is 5.92 Å². The van der Waals surface area contributed by atoms with Gasteiger partial charge < -0.3 is 24.4 Å². The molecule has 8 nitrogen and oxygen atoms in total. The van der Waals surface area contributed by atoms with Crippen molar-refractivity contribution >= 4 is 5.97 Å². The molecular weight excluding hydrogens is 388 g/mol. The van der Waals surface area contributed by atoms with Crippen LogP contribution in [0.5, 0.6) is 17.2 Å². The summed E-state index contributed by atoms with van der Waals surface area (Å²) in [7, 11) is 4.43. The Bertz CT molecular complexity index is 857. The fourth-order valence-electron chi connectivity index (χ4n) is 3.97. The number of aliphatic hydroxyl groups is 1. The first-order valence-corrected chi connectivity index (χ1v) is 9.72. The van der Waals surface area contributed by atoms with Gasteiger partial charge in [-0.2, -0.15) is 0 Å². The molecule has 1 heterocycles. The third-order valence-corrected chi connectivity index (χ3v) is 5.57. The Morgan fingerprint density at radius 3 is 2.43 bits per heavy atom. The van der Waals surface area contributed by atoms with E-state index < -0.39 is 6.23 Å². The maximum Gasteiger partial charge on any atom is 0.306 e. The first-order valence-electron chi connectivity index (χ1n) is 9.72. The third-order valence-electron chi connectivity index (χ3n) is 5.57. The van der Waals surface area contributed by atoms with Crippen LogP contribution < -0.4 is 20.3 Å². The van der Waals surface area contributed by atoms with Crippen molar-refractivity contribution in [1.82, 2.24) is 10.9 Å². The van der Waals surface area contributed by atoms with Gasteiger partial charge >= 0.3 is 5.97 Å². The number of aliphatic hydroxyl groups excluding tert-OH is 1. The van der Waals surface area contributed by atoms with Gasteiger partial charge in [0.25, 0.3) is 0 Å². The summed E-state index contributed by atoms with van der Waals surface area (Å²) in [5.41, 5.74) is 7.88. The van der Waals surface area contributed by atoms with Gasteiger partial charge in [-0.1, -0.05) is 18.2 Å². The summed E-state index contributed by atoms with van der Waals surface area (Å²) in [6, 6.07) is 12.5. The number of aromatic hydroxyl groups is 1. The molecule has 4 atom stereocenters. The molecule has 2 aromatic rings. The van der Waals surface area contributed by atoms with Crippen molar-refractivity contribution in [3.8, 4) is 17.2 Å². The summed E-state index contributed by atoms with van der Waals surface area (Å²) in [6.45, 7) is 0. The van der Waals surface area contributed by atoms with Gasteiger partial charge in [-0.25, -0.2) is 5.43 Å². The SMILES string of the molecule is COC(=O)CC(c1ccc(O)c(OC)c1)C1C(O)NNC1Cc1ccc(OC)cc1. The number of carbonyl (C=O) groups is 1. The van der Waals surface area contributed by atoms with Crippen LogP contribution in [0.25, 0.3) is 0 Å². The van der Waals surface area contributed by atoms with Gasteiger partial charge in [0.1, 0.15) is 12.0 Å². The molecule has 30 heavy (non-hydrogen) atoms. The van der Waals surface area contributed by atoms with Crippen LogP contribution in [0, 0.1) is 5.92 Å². The largest absolute Gasteiger partial charge is 0.504 e. The molecule has 1 saturated heterocycles. The highest BCUT2D eigenvalue weighted by Gasteiger charge is 2.42. The number of carbonyl (C=O) groups excluding carboxylic acids is 1. The van der Waals surface area contributed by atoms with E-state index in [0.717, 1.165) is 16.9 Å². The molecule has 0 radical (unpaired) electrons. The van der Waals surface area contributed by atoms with Crippen LogP contribution in [0.3, 0.4) is 0 Å². The Hall–Kier alpha value is -2.81. The lowest BCUT2D eigenvalue weighted by Crippen LogP contribution is -2.36. The summed E-state index contributed by atoms with van der Waals surface area (Å²) in [4.78, 5) is 12.2. The van der Waals surface area contributed by atoms with Crippen molar-refractivity contribution in [3.63, 3.8) is 0 Å². The molecule has 0 spiro atoms. The summed E-state index contributed by atoms with van der Waals surface area (Å²) in [6.07, 6.45) is -0.164. The standard InChI is InChI=1S/C22H28N2O6/c1-28-15-7-4-13(5-8-15)10-17-21(22(27)24-23-17)16(12-20(26)30-3)14-6-9-18(25)19(11-14)29-2/h4-9,11,16-17,21-25,27H,10,12H2,1-3H3. The highest BCUT2D eigenvalue weighted by Crippen LogP contribution is 2.39. The smallest absolute Gasteiger partial charge is 0.306 e. The van der Waals surface area contributed by atoms with E-state index in [1.54, 1.807) is 19.2 Å². The van der Waals surface area contributed by atoms with E-state index in [4.69, 9.17) is 14.2 Å². The second-order valence-corrected chi connectivity index (χ2v) is 7.29. The fraction of sp³-hybridized carbons (Fsp3) is 0.409. The first-order chi connectivity index (χ1) is 14.5. The number of phenols is 1. The summed E-state index contributed by atoms with van der Waals surface area (Å²) >= 11 is 0. The average Bonchev–Trinajstić information content (AvgIpc) is 3.12.